The first kappa shape index (κ1) is 22.8. The Labute approximate surface area is 184 Å². The number of aryl methyl sites for hydroxylation is 1. The quantitative estimate of drug-likeness (QED) is 0.330. The van der Waals surface area contributed by atoms with Crippen molar-refractivity contribution in [1.29, 1.82) is 0 Å². The highest BCUT2D eigenvalue weighted by Gasteiger charge is 2.20. The van der Waals surface area contributed by atoms with Crippen LogP contribution in [0.4, 0.5) is 0 Å². The minimum absolute atomic E-state index is 0.832. The van der Waals surface area contributed by atoms with E-state index in [4.69, 9.17) is 4.74 Å². The second-order valence-corrected chi connectivity index (χ2v) is 9.20. The molecule has 0 N–H and O–H groups in total. The molecule has 1 aromatic carbocycles. The third-order valence-electron chi connectivity index (χ3n) is 6.73. The van der Waals surface area contributed by atoms with E-state index in [2.05, 4.69) is 55.2 Å². The Kier molecular flexibility index (Phi) is 9.73. The molecule has 2 nitrogen and oxygen atoms in total. The fraction of sp³-hybridized carbons (Fsp3) is 0.607. The van der Waals surface area contributed by atoms with Gasteiger partial charge < -0.3 is 4.74 Å². The summed E-state index contributed by atoms with van der Waals surface area (Å²) in [6, 6.07) is 12.8. The maximum Gasteiger partial charge on any atom is 0.119 e. The topological polar surface area (TPSA) is 22.1 Å². The van der Waals surface area contributed by atoms with Gasteiger partial charge in [0.05, 0.1) is 12.3 Å². The van der Waals surface area contributed by atoms with E-state index >= 15 is 0 Å². The van der Waals surface area contributed by atoms with Gasteiger partial charge in [-0.15, -0.1) is 0 Å². The predicted molar refractivity (Wildman–Crippen MR) is 128 cm³/mol. The zero-order chi connectivity index (χ0) is 21.0. The zero-order valence-corrected chi connectivity index (χ0v) is 19.2. The molecule has 0 saturated heterocycles. The lowest BCUT2D eigenvalue weighted by Crippen LogP contribution is -2.15. The first-order valence-corrected chi connectivity index (χ1v) is 12.5. The van der Waals surface area contributed by atoms with Gasteiger partial charge in [-0.25, -0.2) is 0 Å². The Bertz CT molecular complexity index is 698. The number of rotatable bonds is 12. The van der Waals surface area contributed by atoms with Crippen LogP contribution in [0.1, 0.15) is 90.0 Å². The van der Waals surface area contributed by atoms with Crippen molar-refractivity contribution in [2.45, 2.75) is 90.9 Å². The largest absolute Gasteiger partial charge is 0.494 e. The van der Waals surface area contributed by atoms with Crippen LogP contribution >= 0.6 is 0 Å². The lowest BCUT2D eigenvalue weighted by Gasteiger charge is -2.28. The van der Waals surface area contributed by atoms with Crippen molar-refractivity contribution >= 4 is 0 Å². The number of unbranched alkanes of at least 4 members (excludes halogenated alkanes) is 2. The Balaban J connectivity index is 1.36. The summed E-state index contributed by atoms with van der Waals surface area (Å²) in [5.74, 6) is 2.91. The summed E-state index contributed by atoms with van der Waals surface area (Å²) in [4.78, 5) is 4.66. The summed E-state index contributed by atoms with van der Waals surface area (Å²) < 4.78 is 6.00. The van der Waals surface area contributed by atoms with Gasteiger partial charge in [-0.05, 0) is 73.4 Å². The molecular formula is C28H41NO. The molecule has 1 aliphatic carbocycles. The highest BCUT2D eigenvalue weighted by Crippen LogP contribution is 2.33. The fourth-order valence-corrected chi connectivity index (χ4v) is 4.82. The molecule has 3 rings (SSSR count). The Morgan fingerprint density at radius 2 is 1.53 bits per heavy atom. The van der Waals surface area contributed by atoms with Crippen LogP contribution in [0.3, 0.4) is 0 Å². The highest BCUT2D eigenvalue weighted by atomic mass is 16.5. The Morgan fingerprint density at radius 1 is 0.800 bits per heavy atom. The van der Waals surface area contributed by atoms with Gasteiger partial charge in [0, 0.05) is 11.8 Å². The van der Waals surface area contributed by atoms with E-state index in [1.54, 1.807) is 0 Å². The molecule has 0 amide bonds. The van der Waals surface area contributed by atoms with Gasteiger partial charge in [0.1, 0.15) is 5.75 Å². The van der Waals surface area contributed by atoms with Gasteiger partial charge in [0.25, 0.3) is 0 Å². The molecule has 2 heteroatoms. The van der Waals surface area contributed by atoms with Crippen LogP contribution < -0.4 is 4.74 Å². The molecule has 0 aliphatic heterocycles. The van der Waals surface area contributed by atoms with Crippen molar-refractivity contribution in [2.75, 3.05) is 6.61 Å². The number of nitrogens with zero attached hydrogens (tertiary/aromatic N) is 1. The monoisotopic (exact) mass is 407 g/mol. The summed E-state index contributed by atoms with van der Waals surface area (Å²) >= 11 is 0. The lowest BCUT2D eigenvalue weighted by atomic mass is 9.78. The van der Waals surface area contributed by atoms with Gasteiger partial charge in [-0.1, -0.05) is 71.3 Å². The standard InChI is InChI=1S/C28H41NO/c1-3-5-6-9-25-15-20-28(29-22-25)26-16-18-27(19-17-26)30-21-7-10-24-13-11-23(8-4-2)12-14-24/h15-20,22-24H,3-14,21H2,1-2H3. The number of hydrogen-bond donors (Lipinski definition) is 0. The normalized spacial score (nSPS) is 19.0. The van der Waals surface area contributed by atoms with Crippen LogP contribution in [0.5, 0.6) is 5.75 Å². The van der Waals surface area contributed by atoms with Gasteiger partial charge in [0.15, 0.2) is 0 Å². The van der Waals surface area contributed by atoms with E-state index in [-0.39, 0.29) is 0 Å². The van der Waals surface area contributed by atoms with Crippen LogP contribution in [0, 0.1) is 11.8 Å². The van der Waals surface area contributed by atoms with Crippen LogP contribution in [0.15, 0.2) is 42.6 Å². The maximum atomic E-state index is 6.00. The Morgan fingerprint density at radius 3 is 2.17 bits per heavy atom. The fourth-order valence-electron chi connectivity index (χ4n) is 4.82. The number of pyridine rings is 1. The average molecular weight is 408 g/mol. The molecular weight excluding hydrogens is 366 g/mol. The smallest absolute Gasteiger partial charge is 0.119 e. The second-order valence-electron chi connectivity index (χ2n) is 9.20. The van der Waals surface area contributed by atoms with Gasteiger partial charge in [-0.2, -0.15) is 0 Å². The van der Waals surface area contributed by atoms with E-state index in [0.29, 0.717) is 0 Å². The van der Waals surface area contributed by atoms with E-state index in [9.17, 15) is 0 Å². The van der Waals surface area contributed by atoms with E-state index in [1.807, 2.05) is 6.20 Å². The highest BCUT2D eigenvalue weighted by molar-refractivity contribution is 5.60. The first-order chi connectivity index (χ1) is 14.8. The van der Waals surface area contributed by atoms with Crippen molar-refractivity contribution in [1.82, 2.24) is 4.98 Å². The van der Waals surface area contributed by atoms with E-state index < -0.39 is 0 Å². The lowest BCUT2D eigenvalue weighted by molar-refractivity contribution is 0.230. The molecule has 1 heterocycles. The number of hydrogen-bond acceptors (Lipinski definition) is 2. The molecule has 0 unspecified atom stereocenters. The van der Waals surface area contributed by atoms with E-state index in [0.717, 1.165) is 41.9 Å². The number of aromatic nitrogens is 1. The maximum absolute atomic E-state index is 6.00. The molecule has 0 radical (unpaired) electrons. The van der Waals surface area contributed by atoms with Gasteiger partial charge >= 0.3 is 0 Å². The van der Waals surface area contributed by atoms with Crippen LogP contribution in [0.2, 0.25) is 0 Å². The number of benzene rings is 1. The van der Waals surface area contributed by atoms with Crippen molar-refractivity contribution in [3.63, 3.8) is 0 Å². The Hall–Kier alpha value is -1.83. The molecule has 1 fully saturated rings. The molecule has 0 atom stereocenters. The summed E-state index contributed by atoms with van der Waals surface area (Å²) in [5.41, 5.74) is 3.54. The van der Waals surface area contributed by atoms with Crippen LogP contribution in [-0.2, 0) is 6.42 Å². The molecule has 0 spiro atoms. The number of ether oxygens (including phenoxy) is 1. The van der Waals surface area contributed by atoms with Crippen molar-refractivity contribution in [3.05, 3.63) is 48.2 Å². The zero-order valence-electron chi connectivity index (χ0n) is 19.2. The molecule has 1 aliphatic rings. The minimum atomic E-state index is 0.832. The van der Waals surface area contributed by atoms with Gasteiger partial charge in [0.2, 0.25) is 0 Å². The average Bonchev–Trinajstić information content (AvgIpc) is 2.79. The van der Waals surface area contributed by atoms with Crippen LogP contribution in [0.25, 0.3) is 11.3 Å². The van der Waals surface area contributed by atoms with Crippen molar-refractivity contribution in [2.24, 2.45) is 11.8 Å². The summed E-state index contributed by atoms with van der Waals surface area (Å²) in [5, 5.41) is 0. The van der Waals surface area contributed by atoms with Crippen molar-refractivity contribution < 1.29 is 4.74 Å². The third-order valence-corrected chi connectivity index (χ3v) is 6.73. The SMILES string of the molecule is CCCCCc1ccc(-c2ccc(OCCCC3CCC(CCC)CC3)cc2)nc1. The van der Waals surface area contributed by atoms with Crippen molar-refractivity contribution in [3.8, 4) is 17.0 Å². The van der Waals surface area contributed by atoms with Crippen LogP contribution in [-0.4, -0.2) is 11.6 Å². The predicted octanol–water partition coefficient (Wildman–Crippen LogP) is 8.25. The summed E-state index contributed by atoms with van der Waals surface area (Å²) in [6.45, 7) is 5.39. The third kappa shape index (κ3) is 7.45. The van der Waals surface area contributed by atoms with E-state index in [1.165, 1.54) is 76.2 Å². The second kappa shape index (κ2) is 12.8. The van der Waals surface area contributed by atoms with Gasteiger partial charge in [-0.3, -0.25) is 4.98 Å². The molecule has 164 valence electrons. The molecule has 0 bridgehead atoms. The minimum Gasteiger partial charge on any atom is -0.494 e. The molecule has 2 aromatic rings. The molecule has 30 heavy (non-hydrogen) atoms. The molecule has 1 saturated carbocycles. The summed E-state index contributed by atoms with van der Waals surface area (Å²) in [7, 11) is 0. The first-order valence-electron chi connectivity index (χ1n) is 12.5. The summed E-state index contributed by atoms with van der Waals surface area (Å²) in [6.07, 6.45) is 18.0. The molecule has 1 aromatic heterocycles.